The van der Waals surface area contributed by atoms with Crippen molar-refractivity contribution in [2.75, 3.05) is 6.54 Å². The zero-order chi connectivity index (χ0) is 18.5. The molecule has 1 fully saturated rings. The van der Waals surface area contributed by atoms with Crippen molar-refractivity contribution in [2.24, 2.45) is 4.99 Å². The second-order valence-corrected chi connectivity index (χ2v) is 6.28. The summed E-state index contributed by atoms with van der Waals surface area (Å²) < 4.78 is 0. The topological polar surface area (TPSA) is 88.7 Å². The molecule has 2 aromatic rings. The standard InChI is InChI=1S/C18H14N4O3S/c1-2-9-21-17(23)16(11-13-5-3-7-15(10-13)22(24)25)26-18(21)20-14-6-4-8-19-12-14/h2-8,10-12H,1,9H2/b16-11-,20-18?. The van der Waals surface area contributed by atoms with Crippen molar-refractivity contribution in [3.63, 3.8) is 0 Å². The summed E-state index contributed by atoms with van der Waals surface area (Å²) in [6, 6.07) is 9.68. The molecule has 0 radical (unpaired) electrons. The molecular weight excluding hydrogens is 352 g/mol. The van der Waals surface area contributed by atoms with Gasteiger partial charge in [-0.3, -0.25) is 24.8 Å². The quantitative estimate of drug-likeness (QED) is 0.348. The Morgan fingerprint density at radius 2 is 2.19 bits per heavy atom. The summed E-state index contributed by atoms with van der Waals surface area (Å²) in [6.07, 6.45) is 6.49. The average Bonchev–Trinajstić information content (AvgIpc) is 2.92. The molecule has 26 heavy (non-hydrogen) atoms. The van der Waals surface area contributed by atoms with Crippen LogP contribution in [-0.4, -0.2) is 32.4 Å². The lowest BCUT2D eigenvalue weighted by Gasteiger charge is -2.12. The van der Waals surface area contributed by atoms with Crippen LogP contribution in [0.5, 0.6) is 0 Å². The van der Waals surface area contributed by atoms with Crippen LogP contribution in [0, 0.1) is 10.1 Å². The number of hydrogen-bond acceptors (Lipinski definition) is 6. The summed E-state index contributed by atoms with van der Waals surface area (Å²) in [6.45, 7) is 3.99. The van der Waals surface area contributed by atoms with Gasteiger partial charge in [0, 0.05) is 24.9 Å². The Labute approximate surface area is 153 Å². The number of amides is 1. The number of carbonyl (C=O) groups is 1. The third-order valence-electron chi connectivity index (χ3n) is 3.45. The van der Waals surface area contributed by atoms with Gasteiger partial charge in [0.2, 0.25) is 0 Å². The molecule has 3 rings (SSSR count). The summed E-state index contributed by atoms with van der Waals surface area (Å²) >= 11 is 1.21. The van der Waals surface area contributed by atoms with Gasteiger partial charge in [0.05, 0.1) is 21.7 Å². The van der Waals surface area contributed by atoms with E-state index < -0.39 is 4.92 Å². The highest BCUT2D eigenvalue weighted by molar-refractivity contribution is 8.18. The van der Waals surface area contributed by atoms with Gasteiger partial charge in [0.25, 0.3) is 11.6 Å². The number of non-ortho nitro benzene ring substituents is 1. The van der Waals surface area contributed by atoms with E-state index in [1.165, 1.54) is 28.8 Å². The van der Waals surface area contributed by atoms with Gasteiger partial charge < -0.3 is 0 Å². The first-order chi connectivity index (χ1) is 12.6. The van der Waals surface area contributed by atoms with E-state index >= 15 is 0 Å². The van der Waals surface area contributed by atoms with E-state index in [2.05, 4.69) is 16.6 Å². The molecule has 1 aromatic heterocycles. The Morgan fingerprint density at radius 3 is 2.88 bits per heavy atom. The number of nitrogens with zero attached hydrogens (tertiary/aromatic N) is 4. The van der Waals surface area contributed by atoms with Crippen molar-refractivity contribution >= 4 is 40.3 Å². The molecule has 1 saturated heterocycles. The van der Waals surface area contributed by atoms with E-state index in [0.717, 1.165) is 0 Å². The Bertz CT molecular complexity index is 925. The van der Waals surface area contributed by atoms with E-state index in [0.29, 0.717) is 27.9 Å². The molecule has 7 nitrogen and oxygen atoms in total. The number of thioether (sulfide) groups is 1. The van der Waals surface area contributed by atoms with Gasteiger partial charge >= 0.3 is 0 Å². The number of rotatable bonds is 5. The third kappa shape index (κ3) is 3.86. The van der Waals surface area contributed by atoms with Crippen LogP contribution in [0.25, 0.3) is 6.08 Å². The minimum Gasteiger partial charge on any atom is -0.283 e. The van der Waals surface area contributed by atoms with E-state index in [1.54, 1.807) is 48.8 Å². The molecule has 0 saturated carbocycles. The predicted molar refractivity (Wildman–Crippen MR) is 102 cm³/mol. The van der Waals surface area contributed by atoms with Crippen molar-refractivity contribution in [1.29, 1.82) is 0 Å². The van der Waals surface area contributed by atoms with Gasteiger partial charge in [-0.1, -0.05) is 18.2 Å². The number of nitro groups is 1. The molecule has 0 atom stereocenters. The number of hydrogen-bond donors (Lipinski definition) is 0. The van der Waals surface area contributed by atoms with Gasteiger partial charge in [0.15, 0.2) is 5.17 Å². The molecular formula is C18H14N4O3S. The first kappa shape index (κ1) is 17.6. The Kier molecular flexibility index (Phi) is 5.23. The summed E-state index contributed by atoms with van der Waals surface area (Å²) in [4.78, 5) is 33.6. The molecule has 1 aromatic carbocycles. The molecule has 0 N–H and O–H groups in total. The maximum absolute atomic E-state index is 12.7. The second-order valence-electron chi connectivity index (χ2n) is 5.27. The van der Waals surface area contributed by atoms with E-state index in [-0.39, 0.29) is 11.6 Å². The van der Waals surface area contributed by atoms with Gasteiger partial charge in [0.1, 0.15) is 0 Å². The van der Waals surface area contributed by atoms with E-state index in [9.17, 15) is 14.9 Å². The summed E-state index contributed by atoms with van der Waals surface area (Å²) in [7, 11) is 0. The van der Waals surface area contributed by atoms with Crippen molar-refractivity contribution in [3.8, 4) is 0 Å². The van der Waals surface area contributed by atoms with Crippen LogP contribution in [0.2, 0.25) is 0 Å². The van der Waals surface area contributed by atoms with E-state index in [4.69, 9.17) is 0 Å². The summed E-state index contributed by atoms with van der Waals surface area (Å²) in [5.74, 6) is -0.218. The Morgan fingerprint density at radius 1 is 1.35 bits per heavy atom. The smallest absolute Gasteiger partial charge is 0.270 e. The predicted octanol–water partition coefficient (Wildman–Crippen LogP) is 3.78. The number of benzene rings is 1. The summed E-state index contributed by atoms with van der Waals surface area (Å²) in [5.41, 5.74) is 1.19. The van der Waals surface area contributed by atoms with Crippen LogP contribution in [0.1, 0.15) is 5.56 Å². The first-order valence-corrected chi connectivity index (χ1v) is 8.45. The van der Waals surface area contributed by atoms with Crippen LogP contribution >= 0.6 is 11.8 Å². The lowest BCUT2D eigenvalue weighted by atomic mass is 10.2. The fraction of sp³-hybridized carbons (Fsp3) is 0.0556. The minimum atomic E-state index is -0.467. The molecule has 1 aliphatic rings. The minimum absolute atomic E-state index is 0.0259. The average molecular weight is 366 g/mol. The number of nitro benzene ring substituents is 1. The molecule has 8 heteroatoms. The van der Waals surface area contributed by atoms with Gasteiger partial charge in [-0.25, -0.2) is 4.99 Å². The first-order valence-electron chi connectivity index (χ1n) is 7.64. The highest BCUT2D eigenvalue weighted by Crippen LogP contribution is 2.34. The number of amidine groups is 1. The van der Waals surface area contributed by atoms with Gasteiger partial charge in [-0.2, -0.15) is 0 Å². The monoisotopic (exact) mass is 366 g/mol. The largest absolute Gasteiger partial charge is 0.283 e. The van der Waals surface area contributed by atoms with Crippen molar-refractivity contribution in [3.05, 3.63) is 82.0 Å². The second kappa shape index (κ2) is 7.75. The molecule has 0 bridgehead atoms. The lowest BCUT2D eigenvalue weighted by molar-refractivity contribution is -0.384. The molecule has 1 aliphatic heterocycles. The normalized spacial score (nSPS) is 17.1. The van der Waals surface area contributed by atoms with Crippen LogP contribution in [0.4, 0.5) is 11.4 Å². The number of aliphatic imine (C=N–C) groups is 1. The Hall–Kier alpha value is -3.26. The van der Waals surface area contributed by atoms with Crippen LogP contribution in [-0.2, 0) is 4.79 Å². The van der Waals surface area contributed by atoms with Crippen molar-refractivity contribution in [1.82, 2.24) is 9.88 Å². The molecule has 130 valence electrons. The number of carbonyl (C=O) groups excluding carboxylic acids is 1. The van der Waals surface area contributed by atoms with Crippen LogP contribution < -0.4 is 0 Å². The third-order valence-corrected chi connectivity index (χ3v) is 4.46. The number of aromatic nitrogens is 1. The highest BCUT2D eigenvalue weighted by atomic mass is 32.2. The zero-order valence-electron chi connectivity index (χ0n) is 13.6. The zero-order valence-corrected chi connectivity index (χ0v) is 14.4. The molecule has 2 heterocycles. The van der Waals surface area contributed by atoms with Gasteiger partial charge in [-0.15, -0.1) is 6.58 Å². The van der Waals surface area contributed by atoms with Gasteiger partial charge in [-0.05, 0) is 35.5 Å². The molecule has 0 aliphatic carbocycles. The Balaban J connectivity index is 1.95. The van der Waals surface area contributed by atoms with Crippen molar-refractivity contribution in [2.45, 2.75) is 0 Å². The fourth-order valence-corrected chi connectivity index (χ4v) is 3.30. The SMILES string of the molecule is C=CCN1C(=O)/C(=C/c2cccc([N+](=O)[O-])c2)SC1=Nc1cccnc1. The molecule has 0 unspecified atom stereocenters. The lowest BCUT2D eigenvalue weighted by Crippen LogP contribution is -2.29. The van der Waals surface area contributed by atoms with Crippen LogP contribution in [0.3, 0.4) is 0 Å². The molecule has 1 amide bonds. The summed E-state index contributed by atoms with van der Waals surface area (Å²) in [5, 5.41) is 11.4. The highest BCUT2D eigenvalue weighted by Gasteiger charge is 2.32. The maximum Gasteiger partial charge on any atom is 0.270 e. The fourth-order valence-electron chi connectivity index (χ4n) is 2.29. The molecule has 0 spiro atoms. The van der Waals surface area contributed by atoms with Crippen LogP contribution in [0.15, 0.2) is 71.3 Å². The van der Waals surface area contributed by atoms with E-state index in [1.807, 2.05) is 0 Å². The number of pyridine rings is 1. The maximum atomic E-state index is 12.7. The van der Waals surface area contributed by atoms with Crippen molar-refractivity contribution < 1.29 is 9.72 Å².